The van der Waals surface area contributed by atoms with Crippen molar-refractivity contribution in [1.29, 1.82) is 0 Å². The average molecular weight is 384 g/mol. The predicted octanol–water partition coefficient (Wildman–Crippen LogP) is 2.54. The van der Waals surface area contributed by atoms with Crippen LogP contribution in [0.15, 0.2) is 18.2 Å². The van der Waals surface area contributed by atoms with E-state index in [4.69, 9.17) is 0 Å². The van der Waals surface area contributed by atoms with Gasteiger partial charge in [0, 0.05) is 0 Å². The molecule has 0 heterocycles. The molecule has 2 aromatic carbocycles. The van der Waals surface area contributed by atoms with Crippen LogP contribution in [0.4, 0.5) is 0 Å². The standard InChI is InChI=1S/C20H16O8/c1-2-11-12-4-9-6-14(18(23)24)13(17(21)22)5-8(9)3-10(12)7-15(19(25)26)16(11)20(27)28/h5-7H,2-4H2,1H3,(H,21,22)(H,23,24)(H,25,26)(H,27,28). The van der Waals surface area contributed by atoms with Crippen molar-refractivity contribution in [1.82, 2.24) is 0 Å². The Kier molecular flexibility index (Phi) is 4.64. The largest absolute Gasteiger partial charge is 0.478 e. The first-order chi connectivity index (χ1) is 13.1. The van der Waals surface area contributed by atoms with Crippen LogP contribution in [-0.4, -0.2) is 44.3 Å². The first-order valence-corrected chi connectivity index (χ1v) is 8.42. The van der Waals surface area contributed by atoms with Crippen LogP contribution in [0.1, 0.15) is 76.2 Å². The normalized spacial score (nSPS) is 12.0. The molecule has 0 unspecified atom stereocenters. The van der Waals surface area contributed by atoms with Gasteiger partial charge in [-0.1, -0.05) is 6.92 Å². The molecule has 28 heavy (non-hydrogen) atoms. The Morgan fingerprint density at radius 1 is 0.714 bits per heavy atom. The molecule has 0 bridgehead atoms. The highest BCUT2D eigenvalue weighted by atomic mass is 16.4. The van der Waals surface area contributed by atoms with Gasteiger partial charge in [0.25, 0.3) is 0 Å². The minimum atomic E-state index is -1.37. The number of benzene rings is 2. The number of carboxylic acids is 4. The van der Waals surface area contributed by atoms with E-state index in [2.05, 4.69) is 0 Å². The van der Waals surface area contributed by atoms with Crippen LogP contribution in [-0.2, 0) is 19.3 Å². The van der Waals surface area contributed by atoms with Gasteiger partial charge in [-0.05, 0) is 65.3 Å². The molecule has 0 radical (unpaired) electrons. The van der Waals surface area contributed by atoms with Crippen molar-refractivity contribution in [3.05, 3.63) is 68.3 Å². The Morgan fingerprint density at radius 2 is 1.18 bits per heavy atom. The van der Waals surface area contributed by atoms with Crippen molar-refractivity contribution in [3.8, 4) is 0 Å². The minimum absolute atomic E-state index is 0.192. The van der Waals surface area contributed by atoms with E-state index in [0.717, 1.165) is 0 Å². The fourth-order valence-corrected chi connectivity index (χ4v) is 3.79. The SMILES string of the molecule is CCc1c2c(cc(C(=O)O)c1C(=O)O)Cc1cc(C(=O)O)c(C(=O)O)cc1C2. The van der Waals surface area contributed by atoms with Gasteiger partial charge in [0.2, 0.25) is 0 Å². The Morgan fingerprint density at radius 3 is 1.61 bits per heavy atom. The summed E-state index contributed by atoms with van der Waals surface area (Å²) in [4.78, 5) is 46.1. The number of carbonyl (C=O) groups is 4. The molecule has 0 atom stereocenters. The van der Waals surface area contributed by atoms with E-state index in [-0.39, 0.29) is 35.1 Å². The van der Waals surface area contributed by atoms with E-state index in [1.165, 1.54) is 18.2 Å². The summed E-state index contributed by atoms with van der Waals surface area (Å²) in [5, 5.41) is 37.6. The molecule has 0 saturated heterocycles. The summed E-state index contributed by atoms with van der Waals surface area (Å²) < 4.78 is 0. The molecule has 0 spiro atoms. The molecule has 4 N–H and O–H groups in total. The van der Waals surface area contributed by atoms with Gasteiger partial charge in [-0.2, -0.15) is 0 Å². The maximum Gasteiger partial charge on any atom is 0.336 e. The molecule has 1 aliphatic rings. The fourth-order valence-electron chi connectivity index (χ4n) is 3.79. The van der Waals surface area contributed by atoms with Gasteiger partial charge in [-0.15, -0.1) is 0 Å². The molecule has 0 saturated carbocycles. The average Bonchev–Trinajstić information content (AvgIpc) is 2.63. The second-order valence-corrected chi connectivity index (χ2v) is 6.51. The van der Waals surface area contributed by atoms with E-state index in [0.29, 0.717) is 34.2 Å². The highest BCUT2D eigenvalue weighted by Gasteiger charge is 2.29. The summed E-state index contributed by atoms with van der Waals surface area (Å²) in [6.45, 7) is 1.72. The maximum atomic E-state index is 11.7. The lowest BCUT2D eigenvalue weighted by Crippen LogP contribution is -2.20. The van der Waals surface area contributed by atoms with Crippen LogP contribution in [0, 0.1) is 0 Å². The highest BCUT2D eigenvalue weighted by Crippen LogP contribution is 2.35. The fraction of sp³-hybridized carbons (Fsp3) is 0.200. The summed E-state index contributed by atoms with van der Waals surface area (Å²) in [6, 6.07) is 3.91. The molecule has 1 aliphatic carbocycles. The van der Waals surface area contributed by atoms with Crippen LogP contribution in [0.5, 0.6) is 0 Å². The van der Waals surface area contributed by atoms with Gasteiger partial charge in [0.05, 0.1) is 22.3 Å². The van der Waals surface area contributed by atoms with Crippen LogP contribution >= 0.6 is 0 Å². The molecule has 3 rings (SSSR count). The number of fused-ring (bicyclic) bond motifs is 2. The maximum absolute atomic E-state index is 11.7. The number of hydrogen-bond donors (Lipinski definition) is 4. The van der Waals surface area contributed by atoms with Crippen molar-refractivity contribution in [2.45, 2.75) is 26.2 Å². The quantitative estimate of drug-likeness (QED) is 0.524. The molecular formula is C20H16O8. The Hall–Kier alpha value is -3.68. The minimum Gasteiger partial charge on any atom is -0.478 e. The van der Waals surface area contributed by atoms with E-state index in [1.54, 1.807) is 6.92 Å². The topological polar surface area (TPSA) is 149 Å². The Balaban J connectivity index is 2.26. The van der Waals surface area contributed by atoms with Crippen LogP contribution < -0.4 is 0 Å². The lowest BCUT2D eigenvalue weighted by atomic mass is 9.78. The summed E-state index contributed by atoms with van der Waals surface area (Å²) in [5.74, 6) is -5.43. The second-order valence-electron chi connectivity index (χ2n) is 6.51. The zero-order valence-electron chi connectivity index (χ0n) is 14.8. The molecule has 0 amide bonds. The summed E-state index contributed by atoms with van der Waals surface area (Å²) in [7, 11) is 0. The molecular weight excluding hydrogens is 368 g/mol. The second kappa shape index (κ2) is 6.80. The van der Waals surface area contributed by atoms with Crippen molar-refractivity contribution in [3.63, 3.8) is 0 Å². The number of rotatable bonds is 5. The van der Waals surface area contributed by atoms with Crippen LogP contribution in [0.3, 0.4) is 0 Å². The first kappa shape index (κ1) is 19.1. The Bertz CT molecular complexity index is 1060. The van der Waals surface area contributed by atoms with E-state index < -0.39 is 23.9 Å². The first-order valence-electron chi connectivity index (χ1n) is 8.42. The molecule has 144 valence electrons. The van der Waals surface area contributed by atoms with Gasteiger partial charge >= 0.3 is 23.9 Å². The van der Waals surface area contributed by atoms with Crippen molar-refractivity contribution >= 4 is 23.9 Å². The third-order valence-electron chi connectivity index (χ3n) is 4.99. The van der Waals surface area contributed by atoms with E-state index in [9.17, 15) is 39.6 Å². The van der Waals surface area contributed by atoms with Gasteiger partial charge in [-0.25, -0.2) is 19.2 Å². The van der Waals surface area contributed by atoms with E-state index >= 15 is 0 Å². The zero-order valence-corrected chi connectivity index (χ0v) is 14.8. The molecule has 8 heteroatoms. The number of hydrogen-bond acceptors (Lipinski definition) is 4. The lowest BCUT2D eigenvalue weighted by Gasteiger charge is -2.25. The predicted molar refractivity (Wildman–Crippen MR) is 95.7 cm³/mol. The van der Waals surface area contributed by atoms with Crippen molar-refractivity contribution in [2.75, 3.05) is 0 Å². The molecule has 0 aliphatic heterocycles. The summed E-state index contributed by atoms with van der Waals surface area (Å²) >= 11 is 0. The van der Waals surface area contributed by atoms with Gasteiger partial charge in [-0.3, -0.25) is 0 Å². The highest BCUT2D eigenvalue weighted by molar-refractivity contribution is 6.04. The third-order valence-corrected chi connectivity index (χ3v) is 4.99. The summed E-state index contributed by atoms with van der Waals surface area (Å²) in [6.07, 6.45) is 0.686. The van der Waals surface area contributed by atoms with Gasteiger partial charge in [0.1, 0.15) is 0 Å². The third kappa shape index (κ3) is 2.98. The monoisotopic (exact) mass is 384 g/mol. The van der Waals surface area contributed by atoms with Crippen LogP contribution in [0.25, 0.3) is 0 Å². The Labute approximate surface area is 158 Å². The molecule has 2 aromatic rings. The summed E-state index contributed by atoms with van der Waals surface area (Å²) in [5.41, 5.74) is 1.56. The van der Waals surface area contributed by atoms with Gasteiger partial charge in [0.15, 0.2) is 0 Å². The van der Waals surface area contributed by atoms with Gasteiger partial charge < -0.3 is 20.4 Å². The van der Waals surface area contributed by atoms with Crippen LogP contribution in [0.2, 0.25) is 0 Å². The zero-order chi connectivity index (χ0) is 20.7. The molecule has 0 fully saturated rings. The number of aromatic carboxylic acids is 4. The molecule has 0 aromatic heterocycles. The van der Waals surface area contributed by atoms with Crippen molar-refractivity contribution in [2.24, 2.45) is 0 Å². The molecule has 8 nitrogen and oxygen atoms in total. The number of carboxylic acid groups (broad SMARTS) is 4. The van der Waals surface area contributed by atoms with E-state index in [1.807, 2.05) is 0 Å². The smallest absolute Gasteiger partial charge is 0.336 e. The lowest BCUT2D eigenvalue weighted by molar-refractivity contribution is 0.0650. The van der Waals surface area contributed by atoms with Crippen molar-refractivity contribution < 1.29 is 39.6 Å².